The Bertz CT molecular complexity index is 653. The number of aromatic amines is 2. The average molecular weight is 289 g/mol. The third-order valence-electron chi connectivity index (χ3n) is 2.72. The molecule has 6 heteroatoms. The average Bonchev–Trinajstić information content (AvgIpc) is 2.81. The van der Waals surface area contributed by atoms with Gasteiger partial charge < -0.3 is 15.2 Å². The highest BCUT2D eigenvalue weighted by molar-refractivity contribution is 5.94. The van der Waals surface area contributed by atoms with Crippen molar-refractivity contribution in [2.24, 2.45) is 0 Å². The molecule has 3 N–H and O–H groups in total. The van der Waals surface area contributed by atoms with Crippen LogP contribution in [0.4, 0.5) is 5.69 Å². The van der Waals surface area contributed by atoms with E-state index in [4.69, 9.17) is 4.74 Å². The third kappa shape index (κ3) is 4.06. The summed E-state index contributed by atoms with van der Waals surface area (Å²) in [4.78, 5) is 23.9. The topological polar surface area (TPSA) is 87.0 Å². The molecule has 1 atom stereocenters. The van der Waals surface area contributed by atoms with Crippen LogP contribution in [0.3, 0.4) is 0 Å². The minimum absolute atomic E-state index is 0.165. The summed E-state index contributed by atoms with van der Waals surface area (Å²) in [6.45, 7) is 5.62. The number of rotatable bonds is 4. The summed E-state index contributed by atoms with van der Waals surface area (Å²) in [5, 5.41) is 7.47. The van der Waals surface area contributed by atoms with Crippen LogP contribution < -0.4 is 10.9 Å². The van der Waals surface area contributed by atoms with E-state index in [1.165, 1.54) is 6.20 Å². The van der Waals surface area contributed by atoms with Crippen LogP contribution in [-0.2, 0) is 9.53 Å². The van der Waals surface area contributed by atoms with Crippen molar-refractivity contribution in [3.05, 3.63) is 52.4 Å². The van der Waals surface area contributed by atoms with Crippen LogP contribution in [0.5, 0.6) is 0 Å². The lowest BCUT2D eigenvalue weighted by atomic mass is 10.1. The van der Waals surface area contributed by atoms with Crippen LogP contribution >= 0.6 is 0 Å². The Morgan fingerprint density at radius 1 is 1.24 bits per heavy atom. The summed E-state index contributed by atoms with van der Waals surface area (Å²) >= 11 is 0. The number of ether oxygens (including phenoxy) is 1. The standard InChI is InChI=1S/C15H19N3O3/c1-15(2,3)21-12(10-7-5-4-6-8-10)14(20)17-11-9-16-18-13(11)19/h4-9,12H,1-3H3,(H,17,20)(H2,16,18,19)/t12-/m0/s1. The first kappa shape index (κ1) is 15.1. The van der Waals surface area contributed by atoms with Gasteiger partial charge in [0.2, 0.25) is 0 Å². The van der Waals surface area contributed by atoms with Gasteiger partial charge in [-0.15, -0.1) is 0 Å². The van der Waals surface area contributed by atoms with Gasteiger partial charge in [-0.25, -0.2) is 0 Å². The van der Waals surface area contributed by atoms with E-state index in [0.29, 0.717) is 0 Å². The molecule has 0 saturated heterocycles. The van der Waals surface area contributed by atoms with E-state index in [0.717, 1.165) is 5.56 Å². The van der Waals surface area contributed by atoms with Crippen molar-refractivity contribution in [3.63, 3.8) is 0 Å². The molecule has 0 fully saturated rings. The van der Waals surface area contributed by atoms with Crippen molar-refractivity contribution < 1.29 is 9.53 Å². The van der Waals surface area contributed by atoms with Crippen molar-refractivity contribution in [1.29, 1.82) is 0 Å². The Morgan fingerprint density at radius 3 is 2.43 bits per heavy atom. The third-order valence-corrected chi connectivity index (χ3v) is 2.72. The lowest BCUT2D eigenvalue weighted by Gasteiger charge is -2.27. The lowest BCUT2D eigenvalue weighted by molar-refractivity contribution is -0.137. The fourth-order valence-electron chi connectivity index (χ4n) is 1.85. The molecule has 0 spiro atoms. The monoisotopic (exact) mass is 289 g/mol. The molecule has 0 aliphatic rings. The fourth-order valence-corrected chi connectivity index (χ4v) is 1.85. The van der Waals surface area contributed by atoms with E-state index in [2.05, 4.69) is 15.5 Å². The maximum atomic E-state index is 12.4. The second-order valence-corrected chi connectivity index (χ2v) is 5.67. The molecule has 0 radical (unpaired) electrons. The Balaban J connectivity index is 2.25. The summed E-state index contributed by atoms with van der Waals surface area (Å²) < 4.78 is 5.84. The SMILES string of the molecule is CC(C)(C)O[C@H](C(=O)Nc1c[nH][nH]c1=O)c1ccccc1. The number of hydrogen-bond acceptors (Lipinski definition) is 3. The van der Waals surface area contributed by atoms with Crippen LogP contribution in [-0.4, -0.2) is 21.7 Å². The van der Waals surface area contributed by atoms with Gasteiger partial charge in [0, 0.05) is 6.20 Å². The Hall–Kier alpha value is -2.34. The van der Waals surface area contributed by atoms with Gasteiger partial charge in [-0.3, -0.25) is 14.7 Å². The molecule has 0 saturated carbocycles. The zero-order chi connectivity index (χ0) is 15.5. The Kier molecular flexibility index (Phi) is 4.28. The molecule has 6 nitrogen and oxygen atoms in total. The van der Waals surface area contributed by atoms with Gasteiger partial charge in [-0.05, 0) is 26.3 Å². The van der Waals surface area contributed by atoms with Crippen molar-refractivity contribution in [1.82, 2.24) is 10.2 Å². The van der Waals surface area contributed by atoms with E-state index in [9.17, 15) is 9.59 Å². The van der Waals surface area contributed by atoms with Gasteiger partial charge in [-0.2, -0.15) is 0 Å². The highest BCUT2D eigenvalue weighted by atomic mass is 16.5. The quantitative estimate of drug-likeness (QED) is 0.806. The van der Waals surface area contributed by atoms with Gasteiger partial charge in [0.05, 0.1) is 5.60 Å². The number of carbonyl (C=O) groups excluding carboxylic acids is 1. The largest absolute Gasteiger partial charge is 0.358 e. The molecule has 0 unspecified atom stereocenters. The molecule has 2 aromatic rings. The molecule has 1 aromatic carbocycles. The van der Waals surface area contributed by atoms with E-state index in [1.54, 1.807) is 0 Å². The van der Waals surface area contributed by atoms with E-state index in [-0.39, 0.29) is 17.2 Å². The molecule has 112 valence electrons. The predicted octanol–water partition coefficient (Wildman–Crippen LogP) is 2.20. The number of nitrogens with one attached hydrogen (secondary N) is 3. The van der Waals surface area contributed by atoms with Crippen LogP contribution in [0.25, 0.3) is 0 Å². The van der Waals surface area contributed by atoms with Gasteiger partial charge in [0.25, 0.3) is 11.5 Å². The Morgan fingerprint density at radius 2 is 1.90 bits per heavy atom. The van der Waals surface area contributed by atoms with Crippen molar-refractivity contribution in [3.8, 4) is 0 Å². The molecule has 1 aromatic heterocycles. The molecule has 0 aliphatic heterocycles. The molecule has 1 amide bonds. The Labute approximate surface area is 122 Å². The number of carbonyl (C=O) groups is 1. The zero-order valence-electron chi connectivity index (χ0n) is 12.3. The fraction of sp³-hybridized carbons (Fsp3) is 0.333. The van der Waals surface area contributed by atoms with E-state index < -0.39 is 11.7 Å². The number of anilines is 1. The maximum Gasteiger partial charge on any atom is 0.287 e. The lowest BCUT2D eigenvalue weighted by Crippen LogP contribution is -2.31. The van der Waals surface area contributed by atoms with Crippen LogP contribution in [0, 0.1) is 0 Å². The zero-order valence-corrected chi connectivity index (χ0v) is 12.3. The summed E-state index contributed by atoms with van der Waals surface area (Å²) in [7, 11) is 0. The summed E-state index contributed by atoms with van der Waals surface area (Å²) in [6, 6.07) is 9.18. The number of hydrogen-bond donors (Lipinski definition) is 3. The second-order valence-electron chi connectivity index (χ2n) is 5.67. The van der Waals surface area contributed by atoms with Gasteiger partial charge >= 0.3 is 0 Å². The second kappa shape index (κ2) is 5.97. The minimum Gasteiger partial charge on any atom is -0.358 e. The number of benzene rings is 1. The smallest absolute Gasteiger partial charge is 0.287 e. The summed E-state index contributed by atoms with van der Waals surface area (Å²) in [6.07, 6.45) is 0.611. The van der Waals surface area contributed by atoms with E-state index in [1.807, 2.05) is 51.1 Å². The molecule has 21 heavy (non-hydrogen) atoms. The van der Waals surface area contributed by atoms with Crippen LogP contribution in [0.1, 0.15) is 32.4 Å². The van der Waals surface area contributed by atoms with Gasteiger partial charge in [0.1, 0.15) is 5.69 Å². The minimum atomic E-state index is -0.791. The van der Waals surface area contributed by atoms with Crippen LogP contribution in [0.15, 0.2) is 41.3 Å². The first-order valence-electron chi connectivity index (χ1n) is 6.66. The molecule has 2 rings (SSSR count). The van der Waals surface area contributed by atoms with Gasteiger partial charge in [-0.1, -0.05) is 30.3 Å². The van der Waals surface area contributed by atoms with Crippen molar-refractivity contribution in [2.45, 2.75) is 32.5 Å². The maximum absolute atomic E-state index is 12.4. The molecular weight excluding hydrogens is 270 g/mol. The number of amides is 1. The number of aromatic nitrogens is 2. The molecule has 0 bridgehead atoms. The number of H-pyrrole nitrogens is 2. The van der Waals surface area contributed by atoms with Crippen molar-refractivity contribution in [2.75, 3.05) is 5.32 Å². The van der Waals surface area contributed by atoms with Crippen molar-refractivity contribution >= 4 is 11.6 Å². The normalized spacial score (nSPS) is 12.9. The molecule has 0 aliphatic carbocycles. The summed E-state index contributed by atoms with van der Waals surface area (Å²) in [5.41, 5.74) is 0.0174. The first-order chi connectivity index (χ1) is 9.87. The summed E-state index contributed by atoms with van der Waals surface area (Å²) in [5.74, 6) is -0.388. The molecule has 1 heterocycles. The highest BCUT2D eigenvalue weighted by Gasteiger charge is 2.27. The predicted molar refractivity (Wildman–Crippen MR) is 80.1 cm³/mol. The van der Waals surface area contributed by atoms with Crippen LogP contribution in [0.2, 0.25) is 0 Å². The van der Waals surface area contributed by atoms with Gasteiger partial charge in [0.15, 0.2) is 6.10 Å². The highest BCUT2D eigenvalue weighted by Crippen LogP contribution is 2.25. The molecular formula is C15H19N3O3. The first-order valence-corrected chi connectivity index (χ1v) is 6.66. The van der Waals surface area contributed by atoms with E-state index >= 15 is 0 Å².